The van der Waals surface area contributed by atoms with E-state index in [1.807, 2.05) is 0 Å². The van der Waals surface area contributed by atoms with Gasteiger partial charge < -0.3 is 15.3 Å². The molecule has 0 aromatic heterocycles. The number of nitrogens with one attached hydrogen (secondary N) is 1. The highest BCUT2D eigenvalue weighted by atomic mass is 19.1. The van der Waals surface area contributed by atoms with Gasteiger partial charge in [-0.3, -0.25) is 0 Å². The van der Waals surface area contributed by atoms with Crippen LogP contribution in [0.4, 0.5) is 9.18 Å². The molecule has 0 radical (unpaired) electrons. The van der Waals surface area contributed by atoms with Crippen LogP contribution in [0.2, 0.25) is 0 Å². The monoisotopic (exact) mass is 320 g/mol. The molecule has 1 aromatic rings. The van der Waals surface area contributed by atoms with Crippen LogP contribution in [0.25, 0.3) is 0 Å². The number of nitrogens with zero attached hydrogens (tertiary/aromatic N) is 1. The van der Waals surface area contributed by atoms with Crippen molar-refractivity contribution < 1.29 is 14.3 Å². The molecular weight excluding hydrogens is 295 g/mol. The van der Waals surface area contributed by atoms with Gasteiger partial charge in [0, 0.05) is 12.6 Å². The van der Waals surface area contributed by atoms with E-state index in [4.69, 9.17) is 0 Å². The molecular formula is C18H25FN2O2. The average Bonchev–Trinajstić information content (AvgIpc) is 3.33. The number of rotatable bonds is 6. The average molecular weight is 320 g/mol. The molecule has 23 heavy (non-hydrogen) atoms. The van der Waals surface area contributed by atoms with E-state index in [9.17, 15) is 14.3 Å². The standard InChI is InChI=1S/C18H25FN2O2/c1-18(9-2-10-18)12-20-17(23)21(15-7-8-15)11-16(22)13-3-5-14(19)6-4-13/h3-6,15-16,22H,2,7-12H2,1H3,(H,20,23). The molecule has 0 heterocycles. The number of carbonyl (C=O) groups excluding carboxylic acids is 1. The van der Waals surface area contributed by atoms with Crippen LogP contribution >= 0.6 is 0 Å². The second-order valence-corrected chi connectivity index (χ2v) is 7.27. The molecule has 0 aliphatic heterocycles. The molecule has 3 rings (SSSR count). The summed E-state index contributed by atoms with van der Waals surface area (Å²) in [6.07, 6.45) is 4.74. The van der Waals surface area contributed by atoms with Crippen molar-refractivity contribution in [2.24, 2.45) is 5.41 Å². The van der Waals surface area contributed by atoms with Gasteiger partial charge in [0.2, 0.25) is 0 Å². The molecule has 2 aliphatic rings. The van der Waals surface area contributed by atoms with Gasteiger partial charge in [0.15, 0.2) is 0 Å². The predicted octanol–water partition coefficient (Wildman–Crippen LogP) is 3.22. The summed E-state index contributed by atoms with van der Waals surface area (Å²) in [5.74, 6) is -0.327. The van der Waals surface area contributed by atoms with Gasteiger partial charge in [0.25, 0.3) is 0 Å². The number of benzene rings is 1. The normalized spacial score (nSPS) is 20.5. The molecule has 0 bridgehead atoms. The number of carbonyl (C=O) groups is 1. The van der Waals surface area contributed by atoms with Crippen LogP contribution in [0.1, 0.15) is 50.7 Å². The third-order valence-electron chi connectivity index (χ3n) is 5.10. The Labute approximate surface area is 136 Å². The van der Waals surface area contributed by atoms with E-state index in [1.54, 1.807) is 17.0 Å². The molecule has 2 amide bonds. The molecule has 2 N–H and O–H groups in total. The molecule has 126 valence electrons. The summed E-state index contributed by atoms with van der Waals surface area (Å²) in [6.45, 7) is 3.14. The van der Waals surface area contributed by atoms with Crippen LogP contribution in [0.3, 0.4) is 0 Å². The summed E-state index contributed by atoms with van der Waals surface area (Å²) in [6, 6.07) is 5.92. The van der Waals surface area contributed by atoms with E-state index < -0.39 is 6.10 Å². The first-order valence-electron chi connectivity index (χ1n) is 8.45. The number of urea groups is 1. The van der Waals surface area contributed by atoms with Crippen LogP contribution in [0.5, 0.6) is 0 Å². The summed E-state index contributed by atoms with van der Waals surface area (Å²) in [5, 5.41) is 13.4. The first-order valence-corrected chi connectivity index (χ1v) is 8.45. The Bertz CT molecular complexity index is 553. The fraction of sp³-hybridized carbons (Fsp3) is 0.611. The number of aliphatic hydroxyl groups is 1. The second-order valence-electron chi connectivity index (χ2n) is 7.27. The van der Waals surface area contributed by atoms with Crippen LogP contribution in [-0.2, 0) is 0 Å². The number of hydrogen-bond acceptors (Lipinski definition) is 2. The van der Waals surface area contributed by atoms with Crippen molar-refractivity contribution in [3.63, 3.8) is 0 Å². The van der Waals surface area contributed by atoms with Crippen LogP contribution in [-0.4, -0.2) is 35.2 Å². The van der Waals surface area contributed by atoms with E-state index in [2.05, 4.69) is 12.2 Å². The lowest BCUT2D eigenvalue weighted by atomic mass is 9.70. The summed E-state index contributed by atoms with van der Waals surface area (Å²) in [5.41, 5.74) is 0.872. The maximum absolute atomic E-state index is 13.0. The lowest BCUT2D eigenvalue weighted by Gasteiger charge is -2.39. The fourth-order valence-electron chi connectivity index (χ4n) is 3.11. The predicted molar refractivity (Wildman–Crippen MR) is 86.4 cm³/mol. The molecule has 2 fully saturated rings. The lowest BCUT2D eigenvalue weighted by molar-refractivity contribution is 0.110. The highest BCUT2D eigenvalue weighted by Gasteiger charge is 2.36. The Balaban J connectivity index is 1.57. The zero-order valence-electron chi connectivity index (χ0n) is 13.6. The van der Waals surface area contributed by atoms with E-state index in [-0.39, 0.29) is 29.8 Å². The minimum absolute atomic E-state index is 0.0956. The molecule has 1 unspecified atom stereocenters. The Kier molecular flexibility index (Phi) is 4.57. The Morgan fingerprint density at radius 1 is 1.39 bits per heavy atom. The highest BCUT2D eigenvalue weighted by molar-refractivity contribution is 5.75. The molecule has 1 atom stereocenters. The van der Waals surface area contributed by atoms with Crippen molar-refractivity contribution in [1.29, 1.82) is 0 Å². The molecule has 1 aromatic carbocycles. The van der Waals surface area contributed by atoms with Crippen LogP contribution in [0, 0.1) is 11.2 Å². The summed E-state index contributed by atoms with van der Waals surface area (Å²) in [7, 11) is 0. The van der Waals surface area contributed by atoms with E-state index in [0.717, 1.165) is 25.7 Å². The van der Waals surface area contributed by atoms with Gasteiger partial charge in [-0.05, 0) is 48.8 Å². The first kappa shape index (κ1) is 16.2. The van der Waals surface area contributed by atoms with E-state index in [0.29, 0.717) is 12.1 Å². The summed E-state index contributed by atoms with van der Waals surface area (Å²) < 4.78 is 13.0. The zero-order chi connectivity index (χ0) is 16.4. The van der Waals surface area contributed by atoms with Gasteiger partial charge >= 0.3 is 6.03 Å². The van der Waals surface area contributed by atoms with E-state index in [1.165, 1.54) is 18.6 Å². The zero-order valence-corrected chi connectivity index (χ0v) is 13.6. The second kappa shape index (κ2) is 6.48. The SMILES string of the molecule is CC1(CNC(=O)N(CC(O)c2ccc(F)cc2)C2CC2)CCC1. The topological polar surface area (TPSA) is 52.6 Å². The number of aliphatic hydroxyl groups excluding tert-OH is 1. The van der Waals surface area contributed by atoms with Crippen molar-refractivity contribution in [2.45, 2.75) is 51.2 Å². The Morgan fingerprint density at radius 3 is 2.57 bits per heavy atom. The third-order valence-corrected chi connectivity index (χ3v) is 5.10. The van der Waals surface area contributed by atoms with Gasteiger partial charge in [0.05, 0.1) is 12.6 Å². The maximum Gasteiger partial charge on any atom is 0.317 e. The van der Waals surface area contributed by atoms with Crippen molar-refractivity contribution in [1.82, 2.24) is 10.2 Å². The number of amides is 2. The van der Waals surface area contributed by atoms with Crippen LogP contribution in [0.15, 0.2) is 24.3 Å². The van der Waals surface area contributed by atoms with E-state index >= 15 is 0 Å². The van der Waals surface area contributed by atoms with Crippen molar-refractivity contribution in [3.8, 4) is 0 Å². The minimum atomic E-state index is -0.791. The van der Waals surface area contributed by atoms with Gasteiger partial charge in [-0.15, -0.1) is 0 Å². The van der Waals surface area contributed by atoms with Crippen LogP contribution < -0.4 is 5.32 Å². The smallest absolute Gasteiger partial charge is 0.317 e. The van der Waals surface area contributed by atoms with Gasteiger partial charge in [0.1, 0.15) is 5.82 Å². The number of hydrogen-bond donors (Lipinski definition) is 2. The summed E-state index contributed by atoms with van der Waals surface area (Å²) in [4.78, 5) is 14.2. The van der Waals surface area contributed by atoms with Gasteiger partial charge in [-0.25, -0.2) is 9.18 Å². The number of halogens is 1. The Morgan fingerprint density at radius 2 is 2.04 bits per heavy atom. The summed E-state index contributed by atoms with van der Waals surface area (Å²) >= 11 is 0. The molecule has 2 aliphatic carbocycles. The Hall–Kier alpha value is -1.62. The quantitative estimate of drug-likeness (QED) is 0.845. The molecule has 4 nitrogen and oxygen atoms in total. The largest absolute Gasteiger partial charge is 0.387 e. The van der Waals surface area contributed by atoms with Crippen molar-refractivity contribution in [3.05, 3.63) is 35.6 Å². The first-order chi connectivity index (χ1) is 11.0. The molecule has 0 spiro atoms. The van der Waals surface area contributed by atoms with Gasteiger partial charge in [-0.1, -0.05) is 25.5 Å². The highest BCUT2D eigenvalue weighted by Crippen LogP contribution is 2.39. The minimum Gasteiger partial charge on any atom is -0.387 e. The molecule has 0 saturated heterocycles. The van der Waals surface area contributed by atoms with Crippen molar-refractivity contribution >= 4 is 6.03 Å². The molecule has 2 saturated carbocycles. The fourth-order valence-corrected chi connectivity index (χ4v) is 3.11. The maximum atomic E-state index is 13.0. The lowest BCUT2D eigenvalue weighted by Crippen LogP contribution is -2.48. The molecule has 5 heteroatoms. The third kappa shape index (κ3) is 4.02. The van der Waals surface area contributed by atoms with Gasteiger partial charge in [-0.2, -0.15) is 0 Å². The van der Waals surface area contributed by atoms with Crippen molar-refractivity contribution in [2.75, 3.05) is 13.1 Å².